The van der Waals surface area contributed by atoms with E-state index in [1.54, 1.807) is 6.08 Å². The SMILES string of the molecule is CC/C=C/C(C=O)=C\C1C(C(=O)OC)C1(C)C. The molecule has 0 aliphatic heterocycles. The van der Waals surface area contributed by atoms with Crippen molar-refractivity contribution < 1.29 is 14.3 Å². The Bertz CT molecular complexity index is 364. The predicted octanol–water partition coefficient (Wildman–Crippen LogP) is 2.52. The lowest BCUT2D eigenvalue weighted by molar-refractivity contribution is -0.143. The highest BCUT2D eigenvalue weighted by molar-refractivity contribution is 5.81. The number of carbonyl (C=O) groups is 2. The number of allylic oxidation sites excluding steroid dienone is 4. The van der Waals surface area contributed by atoms with Crippen LogP contribution in [0, 0.1) is 17.3 Å². The first kappa shape index (κ1) is 13.7. The van der Waals surface area contributed by atoms with Crippen molar-refractivity contribution in [1.82, 2.24) is 0 Å². The van der Waals surface area contributed by atoms with Crippen LogP contribution in [-0.2, 0) is 14.3 Å². The van der Waals surface area contributed by atoms with Gasteiger partial charge in [-0.15, -0.1) is 0 Å². The molecule has 3 heteroatoms. The maximum Gasteiger partial charge on any atom is 0.309 e. The molecular formula is C14H20O3. The fourth-order valence-electron chi connectivity index (χ4n) is 2.16. The Balaban J connectivity index is 2.81. The second-order valence-electron chi connectivity index (χ2n) is 4.94. The van der Waals surface area contributed by atoms with E-state index in [1.165, 1.54) is 7.11 Å². The van der Waals surface area contributed by atoms with E-state index in [4.69, 9.17) is 4.74 Å². The second kappa shape index (κ2) is 5.30. The van der Waals surface area contributed by atoms with E-state index in [2.05, 4.69) is 0 Å². The van der Waals surface area contributed by atoms with Crippen LogP contribution in [0.3, 0.4) is 0 Å². The minimum atomic E-state index is -0.194. The molecule has 1 fully saturated rings. The highest BCUT2D eigenvalue weighted by atomic mass is 16.5. The van der Waals surface area contributed by atoms with Crippen molar-refractivity contribution in [2.24, 2.45) is 17.3 Å². The summed E-state index contributed by atoms with van der Waals surface area (Å²) in [5.41, 5.74) is 0.526. The van der Waals surface area contributed by atoms with Gasteiger partial charge in [0.25, 0.3) is 0 Å². The molecule has 1 aliphatic rings. The molecule has 1 rings (SSSR count). The van der Waals surface area contributed by atoms with Crippen LogP contribution in [0.5, 0.6) is 0 Å². The summed E-state index contributed by atoms with van der Waals surface area (Å²) in [6.07, 6.45) is 7.33. The molecule has 0 radical (unpaired) electrons. The van der Waals surface area contributed by atoms with Gasteiger partial charge < -0.3 is 4.74 Å². The molecule has 0 amide bonds. The molecule has 0 bridgehead atoms. The first-order valence-corrected chi connectivity index (χ1v) is 5.90. The van der Waals surface area contributed by atoms with Gasteiger partial charge in [0, 0.05) is 5.57 Å². The highest BCUT2D eigenvalue weighted by Gasteiger charge is 2.61. The maximum absolute atomic E-state index is 11.5. The third kappa shape index (κ3) is 2.84. The first-order chi connectivity index (χ1) is 7.98. The third-order valence-corrected chi connectivity index (χ3v) is 3.42. The van der Waals surface area contributed by atoms with Crippen LogP contribution in [0.2, 0.25) is 0 Å². The largest absolute Gasteiger partial charge is 0.469 e. The minimum absolute atomic E-state index is 0.0941. The molecular weight excluding hydrogens is 216 g/mol. The standard InChI is InChI=1S/C14H20O3/c1-5-6-7-10(9-15)8-11-12(13(16)17-4)14(11,2)3/h6-9,11-12H,5H2,1-4H3/b7-6+,10-8+. The van der Waals surface area contributed by atoms with Crippen LogP contribution >= 0.6 is 0 Å². The van der Waals surface area contributed by atoms with Gasteiger partial charge in [-0.3, -0.25) is 9.59 Å². The molecule has 0 aromatic carbocycles. The van der Waals surface area contributed by atoms with Gasteiger partial charge in [0.05, 0.1) is 13.0 Å². The Morgan fingerprint density at radius 2 is 2.06 bits per heavy atom. The quantitative estimate of drug-likeness (QED) is 0.319. The summed E-state index contributed by atoms with van der Waals surface area (Å²) in [6.45, 7) is 6.04. The van der Waals surface area contributed by atoms with Crippen molar-refractivity contribution >= 4 is 12.3 Å². The number of hydrogen-bond donors (Lipinski definition) is 0. The molecule has 0 aromatic rings. The molecule has 0 saturated heterocycles. The summed E-state index contributed by atoms with van der Waals surface area (Å²) in [5.74, 6) is -0.227. The number of aldehydes is 1. The van der Waals surface area contributed by atoms with Crippen LogP contribution < -0.4 is 0 Å². The van der Waals surface area contributed by atoms with Crippen molar-refractivity contribution in [3.05, 3.63) is 23.8 Å². The number of methoxy groups -OCH3 is 1. The average Bonchev–Trinajstić information content (AvgIpc) is 2.85. The van der Waals surface area contributed by atoms with Crippen molar-refractivity contribution in [3.63, 3.8) is 0 Å². The zero-order chi connectivity index (χ0) is 13.1. The van der Waals surface area contributed by atoms with E-state index < -0.39 is 0 Å². The molecule has 2 atom stereocenters. The molecule has 94 valence electrons. The van der Waals surface area contributed by atoms with Crippen LogP contribution in [0.1, 0.15) is 27.2 Å². The van der Waals surface area contributed by atoms with Gasteiger partial charge in [-0.05, 0) is 17.8 Å². The smallest absolute Gasteiger partial charge is 0.309 e. The Morgan fingerprint density at radius 3 is 2.53 bits per heavy atom. The topological polar surface area (TPSA) is 43.4 Å². The lowest BCUT2D eigenvalue weighted by atomic mass is 10.1. The number of ether oxygens (including phenoxy) is 1. The van der Waals surface area contributed by atoms with E-state index in [-0.39, 0.29) is 23.2 Å². The fraction of sp³-hybridized carbons (Fsp3) is 0.571. The molecule has 3 nitrogen and oxygen atoms in total. The summed E-state index contributed by atoms with van der Waals surface area (Å²) in [7, 11) is 1.40. The van der Waals surface area contributed by atoms with Gasteiger partial charge in [0.1, 0.15) is 6.29 Å². The van der Waals surface area contributed by atoms with Crippen LogP contribution in [-0.4, -0.2) is 19.4 Å². The van der Waals surface area contributed by atoms with Gasteiger partial charge in [-0.2, -0.15) is 0 Å². The van der Waals surface area contributed by atoms with Crippen molar-refractivity contribution in [2.75, 3.05) is 7.11 Å². The average molecular weight is 236 g/mol. The first-order valence-electron chi connectivity index (χ1n) is 5.90. The Labute approximate surface area is 103 Å². The predicted molar refractivity (Wildman–Crippen MR) is 66.4 cm³/mol. The highest BCUT2D eigenvalue weighted by Crippen LogP contribution is 2.59. The molecule has 1 aliphatic carbocycles. The number of rotatable bonds is 5. The van der Waals surface area contributed by atoms with Gasteiger partial charge in [-0.25, -0.2) is 0 Å². The molecule has 2 unspecified atom stereocenters. The van der Waals surface area contributed by atoms with E-state index in [9.17, 15) is 9.59 Å². The lowest BCUT2D eigenvalue weighted by Gasteiger charge is -1.99. The van der Waals surface area contributed by atoms with E-state index in [0.717, 1.165) is 12.7 Å². The number of hydrogen-bond acceptors (Lipinski definition) is 3. The van der Waals surface area contributed by atoms with Crippen molar-refractivity contribution in [3.8, 4) is 0 Å². The maximum atomic E-state index is 11.5. The lowest BCUT2D eigenvalue weighted by Crippen LogP contribution is -2.07. The fourth-order valence-corrected chi connectivity index (χ4v) is 2.16. The summed E-state index contributed by atoms with van der Waals surface area (Å²) < 4.78 is 4.76. The molecule has 0 spiro atoms. The van der Waals surface area contributed by atoms with Crippen LogP contribution in [0.15, 0.2) is 23.8 Å². The van der Waals surface area contributed by atoms with Crippen LogP contribution in [0.4, 0.5) is 0 Å². The zero-order valence-corrected chi connectivity index (χ0v) is 10.9. The zero-order valence-electron chi connectivity index (χ0n) is 10.9. The van der Waals surface area contributed by atoms with E-state index in [0.29, 0.717) is 5.57 Å². The third-order valence-electron chi connectivity index (χ3n) is 3.42. The monoisotopic (exact) mass is 236 g/mol. The summed E-state index contributed by atoms with van der Waals surface area (Å²) in [4.78, 5) is 22.4. The van der Waals surface area contributed by atoms with Gasteiger partial charge in [0.15, 0.2) is 0 Å². The summed E-state index contributed by atoms with van der Waals surface area (Å²) >= 11 is 0. The minimum Gasteiger partial charge on any atom is -0.469 e. The normalized spacial score (nSPS) is 26.9. The van der Waals surface area contributed by atoms with Crippen molar-refractivity contribution in [1.29, 1.82) is 0 Å². The van der Waals surface area contributed by atoms with Gasteiger partial charge >= 0.3 is 5.97 Å². The number of carbonyl (C=O) groups excluding carboxylic acids is 2. The van der Waals surface area contributed by atoms with Crippen LogP contribution in [0.25, 0.3) is 0 Å². The summed E-state index contributed by atoms with van der Waals surface area (Å²) in [6, 6.07) is 0. The van der Waals surface area contributed by atoms with Crippen molar-refractivity contribution in [2.45, 2.75) is 27.2 Å². The van der Waals surface area contributed by atoms with Gasteiger partial charge in [-0.1, -0.05) is 39.0 Å². The molecule has 0 heterocycles. The summed E-state index contributed by atoms with van der Waals surface area (Å²) in [5, 5.41) is 0. The molecule has 0 N–H and O–H groups in total. The Hall–Kier alpha value is -1.38. The molecule has 17 heavy (non-hydrogen) atoms. The second-order valence-corrected chi connectivity index (χ2v) is 4.94. The molecule has 1 saturated carbocycles. The van der Waals surface area contributed by atoms with E-state index in [1.807, 2.05) is 32.9 Å². The number of esters is 1. The molecule has 0 aromatic heterocycles. The Morgan fingerprint density at radius 1 is 1.41 bits per heavy atom. The Kier molecular flexibility index (Phi) is 4.27. The van der Waals surface area contributed by atoms with E-state index >= 15 is 0 Å². The van der Waals surface area contributed by atoms with Gasteiger partial charge in [0.2, 0.25) is 0 Å².